The van der Waals surface area contributed by atoms with Crippen molar-refractivity contribution in [1.82, 2.24) is 5.32 Å². The van der Waals surface area contributed by atoms with Gasteiger partial charge in [-0.2, -0.15) is 5.26 Å². The number of rotatable bonds is 7. The van der Waals surface area contributed by atoms with Crippen LogP contribution >= 0.6 is 15.9 Å². The van der Waals surface area contributed by atoms with Crippen molar-refractivity contribution in [2.75, 3.05) is 6.54 Å². The van der Waals surface area contributed by atoms with E-state index in [-0.39, 0.29) is 5.41 Å². The van der Waals surface area contributed by atoms with Crippen LogP contribution in [0, 0.1) is 16.7 Å². The summed E-state index contributed by atoms with van der Waals surface area (Å²) in [5.41, 5.74) is 1.11. The second-order valence-electron chi connectivity index (χ2n) is 5.68. The maximum atomic E-state index is 8.94. The molecular formula is C16H23BrN2. The molecule has 0 spiro atoms. The Labute approximate surface area is 125 Å². The molecule has 1 N–H and O–H groups in total. The summed E-state index contributed by atoms with van der Waals surface area (Å²) in [7, 11) is 0. The van der Waals surface area contributed by atoms with Gasteiger partial charge in [0, 0.05) is 10.5 Å². The number of halogens is 1. The van der Waals surface area contributed by atoms with Crippen molar-refractivity contribution in [3.05, 3.63) is 34.3 Å². The highest BCUT2D eigenvalue weighted by atomic mass is 79.9. The van der Waals surface area contributed by atoms with E-state index in [1.54, 1.807) is 0 Å². The van der Waals surface area contributed by atoms with Gasteiger partial charge in [-0.05, 0) is 57.9 Å². The predicted octanol–water partition coefficient (Wildman–Crippen LogP) is 4.82. The van der Waals surface area contributed by atoms with Crippen molar-refractivity contribution in [3.8, 4) is 6.07 Å². The number of benzene rings is 1. The first-order chi connectivity index (χ1) is 8.94. The molecule has 1 atom stereocenters. The monoisotopic (exact) mass is 322 g/mol. The zero-order chi connectivity index (χ0) is 14.3. The first kappa shape index (κ1) is 16.2. The first-order valence-electron chi connectivity index (χ1n) is 6.85. The van der Waals surface area contributed by atoms with E-state index in [1.807, 2.05) is 19.9 Å². The van der Waals surface area contributed by atoms with E-state index in [4.69, 9.17) is 5.26 Å². The molecule has 0 amide bonds. The molecular weight excluding hydrogens is 300 g/mol. The van der Waals surface area contributed by atoms with Crippen LogP contribution in [-0.2, 0) is 0 Å². The average molecular weight is 323 g/mol. The molecule has 3 heteroatoms. The van der Waals surface area contributed by atoms with Crippen LogP contribution in [0.3, 0.4) is 0 Å². The number of hydrogen-bond donors (Lipinski definition) is 1. The molecule has 0 radical (unpaired) electrons. The van der Waals surface area contributed by atoms with E-state index in [0.29, 0.717) is 6.04 Å². The smallest absolute Gasteiger partial charge is 0.0683 e. The van der Waals surface area contributed by atoms with E-state index >= 15 is 0 Å². The molecule has 0 saturated carbocycles. The number of unbranched alkanes of at least 4 members (excludes halogenated alkanes) is 1. The molecule has 2 nitrogen and oxygen atoms in total. The van der Waals surface area contributed by atoms with Gasteiger partial charge in [-0.15, -0.1) is 0 Å². The Kier molecular flexibility index (Phi) is 6.54. The third kappa shape index (κ3) is 6.22. The predicted molar refractivity (Wildman–Crippen MR) is 83.8 cm³/mol. The maximum absolute atomic E-state index is 8.94. The summed E-state index contributed by atoms with van der Waals surface area (Å²) in [4.78, 5) is 0. The molecule has 0 bridgehead atoms. The van der Waals surface area contributed by atoms with E-state index in [2.05, 4.69) is 52.4 Å². The summed E-state index contributed by atoms with van der Waals surface area (Å²) in [6.45, 7) is 7.19. The molecule has 1 aromatic rings. The van der Waals surface area contributed by atoms with Gasteiger partial charge in [-0.25, -0.2) is 0 Å². The lowest BCUT2D eigenvalue weighted by molar-refractivity contribution is 0.418. The van der Waals surface area contributed by atoms with E-state index in [0.717, 1.165) is 30.3 Å². The van der Waals surface area contributed by atoms with Gasteiger partial charge in [-0.3, -0.25) is 0 Å². The van der Waals surface area contributed by atoms with Gasteiger partial charge in [0.05, 0.1) is 11.5 Å². The number of hydrogen-bond acceptors (Lipinski definition) is 2. The maximum Gasteiger partial charge on any atom is 0.0683 e. The zero-order valence-electron chi connectivity index (χ0n) is 12.0. The van der Waals surface area contributed by atoms with Crippen molar-refractivity contribution in [2.24, 2.45) is 5.41 Å². The molecule has 0 saturated heterocycles. The molecule has 0 unspecified atom stereocenters. The molecule has 0 fully saturated rings. The summed E-state index contributed by atoms with van der Waals surface area (Å²) in [6.07, 6.45) is 3.18. The first-order valence-corrected chi connectivity index (χ1v) is 7.64. The van der Waals surface area contributed by atoms with E-state index in [9.17, 15) is 0 Å². The molecule has 1 aromatic carbocycles. The van der Waals surface area contributed by atoms with Gasteiger partial charge in [0.25, 0.3) is 0 Å². The highest BCUT2D eigenvalue weighted by Crippen LogP contribution is 2.22. The van der Waals surface area contributed by atoms with Crippen LogP contribution in [0.1, 0.15) is 51.6 Å². The Bertz CT molecular complexity index is 435. The number of nitrogens with one attached hydrogen (secondary N) is 1. The van der Waals surface area contributed by atoms with E-state index < -0.39 is 0 Å². The third-order valence-electron chi connectivity index (χ3n) is 3.33. The average Bonchev–Trinajstić information content (AvgIpc) is 2.38. The van der Waals surface area contributed by atoms with E-state index in [1.165, 1.54) is 5.56 Å². The Morgan fingerprint density at radius 3 is 2.74 bits per heavy atom. The highest BCUT2D eigenvalue weighted by Gasteiger charge is 2.15. The largest absolute Gasteiger partial charge is 0.310 e. The summed E-state index contributed by atoms with van der Waals surface area (Å²) in [6, 6.07) is 11.1. The van der Waals surface area contributed by atoms with Crippen LogP contribution in [0.15, 0.2) is 28.7 Å². The van der Waals surface area contributed by atoms with Crippen molar-refractivity contribution >= 4 is 15.9 Å². The topological polar surface area (TPSA) is 35.8 Å². The fourth-order valence-corrected chi connectivity index (χ4v) is 2.38. The summed E-state index contributed by atoms with van der Waals surface area (Å²) < 4.78 is 1.12. The molecule has 0 heterocycles. The molecule has 19 heavy (non-hydrogen) atoms. The second kappa shape index (κ2) is 7.67. The minimum Gasteiger partial charge on any atom is -0.310 e. The lowest BCUT2D eigenvalue weighted by atomic mass is 9.89. The number of nitriles is 1. The van der Waals surface area contributed by atoms with Gasteiger partial charge in [0.1, 0.15) is 0 Å². The minimum atomic E-state index is -0.185. The van der Waals surface area contributed by atoms with Gasteiger partial charge in [0.2, 0.25) is 0 Å². The Hall–Kier alpha value is -0.850. The summed E-state index contributed by atoms with van der Waals surface area (Å²) in [5.74, 6) is 0. The lowest BCUT2D eigenvalue weighted by Gasteiger charge is -2.17. The van der Waals surface area contributed by atoms with Crippen molar-refractivity contribution in [2.45, 2.75) is 46.1 Å². The van der Waals surface area contributed by atoms with Crippen LogP contribution < -0.4 is 5.32 Å². The SMILES string of the molecule is C[C@H](NCCCCC(C)(C)C#N)c1cccc(Br)c1. The highest BCUT2D eigenvalue weighted by molar-refractivity contribution is 9.10. The molecule has 0 aliphatic rings. The van der Waals surface area contributed by atoms with Crippen molar-refractivity contribution < 1.29 is 0 Å². The van der Waals surface area contributed by atoms with Gasteiger partial charge < -0.3 is 5.32 Å². The van der Waals surface area contributed by atoms with Crippen molar-refractivity contribution in [1.29, 1.82) is 5.26 Å². The quantitative estimate of drug-likeness (QED) is 0.730. The second-order valence-corrected chi connectivity index (χ2v) is 6.60. The van der Waals surface area contributed by atoms with Gasteiger partial charge in [-0.1, -0.05) is 34.5 Å². The molecule has 0 aliphatic heterocycles. The molecule has 0 aliphatic carbocycles. The van der Waals surface area contributed by atoms with Crippen LogP contribution in [0.2, 0.25) is 0 Å². The molecule has 104 valence electrons. The van der Waals surface area contributed by atoms with Crippen LogP contribution in [0.4, 0.5) is 0 Å². The van der Waals surface area contributed by atoms with Gasteiger partial charge in [0.15, 0.2) is 0 Å². The Morgan fingerprint density at radius 2 is 2.11 bits per heavy atom. The third-order valence-corrected chi connectivity index (χ3v) is 3.82. The van der Waals surface area contributed by atoms with Crippen LogP contribution in [-0.4, -0.2) is 6.54 Å². The van der Waals surface area contributed by atoms with Crippen molar-refractivity contribution in [3.63, 3.8) is 0 Å². The van der Waals surface area contributed by atoms with Crippen LogP contribution in [0.25, 0.3) is 0 Å². The number of nitrogens with zero attached hydrogens (tertiary/aromatic N) is 1. The van der Waals surface area contributed by atoms with Gasteiger partial charge >= 0.3 is 0 Å². The Balaban J connectivity index is 2.25. The van der Waals surface area contributed by atoms with Crippen LogP contribution in [0.5, 0.6) is 0 Å². The summed E-state index contributed by atoms with van der Waals surface area (Å²) in [5, 5.41) is 12.5. The Morgan fingerprint density at radius 1 is 1.37 bits per heavy atom. The molecule has 0 aromatic heterocycles. The lowest BCUT2D eigenvalue weighted by Crippen LogP contribution is -2.20. The molecule has 1 rings (SSSR count). The minimum absolute atomic E-state index is 0.185. The summed E-state index contributed by atoms with van der Waals surface area (Å²) >= 11 is 3.49. The fourth-order valence-electron chi connectivity index (χ4n) is 1.96. The normalized spacial score (nSPS) is 13.0. The standard InChI is InChI=1S/C16H23BrN2/c1-13(14-7-6-8-15(17)11-14)19-10-5-4-9-16(2,3)12-18/h6-8,11,13,19H,4-5,9-10H2,1-3H3/t13-/m0/s1. The zero-order valence-corrected chi connectivity index (χ0v) is 13.6. The fraction of sp³-hybridized carbons (Fsp3) is 0.562.